The van der Waals surface area contributed by atoms with Gasteiger partial charge >= 0.3 is 0 Å². The summed E-state index contributed by atoms with van der Waals surface area (Å²) < 4.78 is 28.0. The number of carbonyl (C=O) groups excluding carboxylic acids is 1. The molecule has 1 aromatic carbocycles. The minimum atomic E-state index is -3.40. The summed E-state index contributed by atoms with van der Waals surface area (Å²) in [5, 5.41) is 0. The van der Waals surface area contributed by atoms with Crippen molar-refractivity contribution in [2.24, 2.45) is 0 Å². The standard InChI is InChI=1S/C18H27N3O3S/c1-20(2)25(23,24)19-16-8-11-18(12-9-16)13-10-17(22)21(18)14-15-6-4-3-5-7-15/h3-7,16,19H,8-14H2,1-2H3. The molecule has 1 heterocycles. The Morgan fingerprint density at radius 2 is 1.80 bits per heavy atom. The highest BCUT2D eigenvalue weighted by atomic mass is 32.2. The lowest BCUT2D eigenvalue weighted by molar-refractivity contribution is -0.133. The van der Waals surface area contributed by atoms with Crippen LogP contribution in [0.4, 0.5) is 0 Å². The van der Waals surface area contributed by atoms with Crippen molar-refractivity contribution in [1.29, 1.82) is 0 Å². The number of carbonyl (C=O) groups is 1. The summed E-state index contributed by atoms with van der Waals surface area (Å²) in [7, 11) is -0.340. The minimum absolute atomic E-state index is 0.0488. The summed E-state index contributed by atoms with van der Waals surface area (Å²) in [6, 6.07) is 10.0. The van der Waals surface area contributed by atoms with Crippen LogP contribution in [-0.4, -0.2) is 49.2 Å². The van der Waals surface area contributed by atoms with Gasteiger partial charge in [0.25, 0.3) is 10.2 Å². The second-order valence-electron chi connectivity index (χ2n) is 7.37. The second-order valence-corrected chi connectivity index (χ2v) is 9.29. The van der Waals surface area contributed by atoms with E-state index in [2.05, 4.69) is 16.9 Å². The molecule has 2 fully saturated rings. The highest BCUT2D eigenvalue weighted by molar-refractivity contribution is 7.87. The van der Waals surface area contributed by atoms with Crippen LogP contribution in [0.15, 0.2) is 30.3 Å². The Morgan fingerprint density at radius 3 is 2.40 bits per heavy atom. The van der Waals surface area contributed by atoms with E-state index in [9.17, 15) is 13.2 Å². The van der Waals surface area contributed by atoms with E-state index in [4.69, 9.17) is 0 Å². The molecule has 1 spiro atoms. The third-order valence-electron chi connectivity index (χ3n) is 5.57. The lowest BCUT2D eigenvalue weighted by atomic mass is 9.78. The van der Waals surface area contributed by atoms with Crippen LogP contribution in [0, 0.1) is 0 Å². The minimum Gasteiger partial charge on any atom is -0.333 e. The number of nitrogens with one attached hydrogen (secondary N) is 1. The van der Waals surface area contributed by atoms with Crippen molar-refractivity contribution < 1.29 is 13.2 Å². The molecule has 0 bridgehead atoms. The fraction of sp³-hybridized carbons (Fsp3) is 0.611. The maximum atomic E-state index is 12.5. The average molecular weight is 365 g/mol. The van der Waals surface area contributed by atoms with E-state index >= 15 is 0 Å². The number of rotatable bonds is 5. The first-order valence-corrected chi connectivity index (χ1v) is 10.3. The molecule has 6 nitrogen and oxygen atoms in total. The van der Waals surface area contributed by atoms with Gasteiger partial charge in [0, 0.05) is 38.6 Å². The molecule has 3 rings (SSSR count). The fourth-order valence-corrected chi connectivity index (χ4v) is 4.87. The maximum Gasteiger partial charge on any atom is 0.279 e. The largest absolute Gasteiger partial charge is 0.333 e. The summed E-state index contributed by atoms with van der Waals surface area (Å²) in [5.74, 6) is 0.219. The molecule has 7 heteroatoms. The van der Waals surface area contributed by atoms with Gasteiger partial charge in [0.2, 0.25) is 5.91 Å². The Labute approximate surface area is 150 Å². The topological polar surface area (TPSA) is 69.7 Å². The maximum absolute atomic E-state index is 12.5. The fourth-order valence-electron chi connectivity index (χ4n) is 4.00. The van der Waals surface area contributed by atoms with Gasteiger partial charge in [-0.25, -0.2) is 0 Å². The normalized spacial score (nSPS) is 27.4. The van der Waals surface area contributed by atoms with E-state index in [1.54, 1.807) is 0 Å². The molecule has 1 aliphatic heterocycles. The van der Waals surface area contributed by atoms with Crippen LogP contribution < -0.4 is 4.72 Å². The number of likely N-dealkylation sites (tertiary alicyclic amines) is 1. The molecule has 0 radical (unpaired) electrons. The van der Waals surface area contributed by atoms with Gasteiger partial charge in [-0.2, -0.15) is 17.4 Å². The summed E-state index contributed by atoms with van der Waals surface area (Å²) in [4.78, 5) is 14.5. The van der Waals surface area contributed by atoms with E-state index in [1.165, 1.54) is 18.4 Å². The van der Waals surface area contributed by atoms with Crippen LogP contribution in [0.1, 0.15) is 44.1 Å². The van der Waals surface area contributed by atoms with Crippen LogP contribution >= 0.6 is 0 Å². The third kappa shape index (κ3) is 3.88. The van der Waals surface area contributed by atoms with Gasteiger partial charge in [-0.3, -0.25) is 4.79 Å². The summed E-state index contributed by atoms with van der Waals surface area (Å²) in [5.41, 5.74) is 1.04. The van der Waals surface area contributed by atoms with Crippen molar-refractivity contribution in [3.8, 4) is 0 Å². The highest BCUT2D eigenvalue weighted by Gasteiger charge is 2.47. The molecule has 1 N–H and O–H groups in total. The van der Waals surface area contributed by atoms with Crippen molar-refractivity contribution in [2.45, 2.75) is 56.7 Å². The van der Waals surface area contributed by atoms with Crippen LogP contribution in [0.3, 0.4) is 0 Å². The molecule has 0 aromatic heterocycles. The van der Waals surface area contributed by atoms with Crippen molar-refractivity contribution in [2.75, 3.05) is 14.1 Å². The van der Waals surface area contributed by atoms with Gasteiger partial charge < -0.3 is 4.90 Å². The summed E-state index contributed by atoms with van der Waals surface area (Å²) in [6.45, 7) is 0.647. The molecule has 0 unspecified atom stereocenters. The zero-order valence-electron chi connectivity index (χ0n) is 14.9. The Hall–Kier alpha value is -1.44. The van der Waals surface area contributed by atoms with Crippen molar-refractivity contribution in [3.63, 3.8) is 0 Å². The molecule has 1 saturated heterocycles. The highest BCUT2D eigenvalue weighted by Crippen LogP contribution is 2.43. The Bertz CT molecular complexity index is 710. The lowest BCUT2D eigenvalue weighted by Crippen LogP contribution is -2.52. The number of hydrogen-bond donors (Lipinski definition) is 1. The van der Waals surface area contributed by atoms with E-state index in [1.807, 2.05) is 23.1 Å². The first-order chi connectivity index (χ1) is 11.8. The molecular weight excluding hydrogens is 338 g/mol. The SMILES string of the molecule is CN(C)S(=O)(=O)NC1CCC2(CCC(=O)N2Cc2ccccc2)CC1. The van der Waals surface area contributed by atoms with Crippen LogP contribution in [0.5, 0.6) is 0 Å². The second kappa shape index (κ2) is 7.05. The first kappa shape index (κ1) is 18.4. The number of amides is 1. The smallest absolute Gasteiger partial charge is 0.279 e. The lowest BCUT2D eigenvalue weighted by Gasteiger charge is -2.44. The van der Waals surface area contributed by atoms with E-state index in [-0.39, 0.29) is 17.5 Å². The summed E-state index contributed by atoms with van der Waals surface area (Å²) >= 11 is 0. The Balaban J connectivity index is 1.67. The Kier molecular flexibility index (Phi) is 5.18. The molecule has 1 amide bonds. The Morgan fingerprint density at radius 1 is 1.16 bits per heavy atom. The number of benzene rings is 1. The van der Waals surface area contributed by atoms with Gasteiger partial charge in [0.1, 0.15) is 0 Å². The predicted octanol–water partition coefficient (Wildman–Crippen LogP) is 1.89. The number of nitrogens with zero attached hydrogens (tertiary/aromatic N) is 2. The molecule has 1 saturated carbocycles. The van der Waals surface area contributed by atoms with Crippen molar-refractivity contribution in [1.82, 2.24) is 13.9 Å². The molecule has 138 valence electrons. The van der Waals surface area contributed by atoms with Crippen LogP contribution in [0.2, 0.25) is 0 Å². The molecule has 0 atom stereocenters. The van der Waals surface area contributed by atoms with Gasteiger partial charge in [-0.15, -0.1) is 0 Å². The number of hydrogen-bond acceptors (Lipinski definition) is 3. The van der Waals surface area contributed by atoms with E-state index in [0.29, 0.717) is 13.0 Å². The quantitative estimate of drug-likeness (QED) is 0.866. The predicted molar refractivity (Wildman–Crippen MR) is 97.0 cm³/mol. The van der Waals surface area contributed by atoms with Gasteiger partial charge in [0.15, 0.2) is 0 Å². The molecule has 2 aliphatic rings. The molecule has 1 aliphatic carbocycles. The van der Waals surface area contributed by atoms with Crippen molar-refractivity contribution >= 4 is 16.1 Å². The van der Waals surface area contributed by atoms with Crippen LogP contribution in [0.25, 0.3) is 0 Å². The molecular formula is C18H27N3O3S. The van der Waals surface area contributed by atoms with Gasteiger partial charge in [0.05, 0.1) is 0 Å². The zero-order chi connectivity index (χ0) is 18.1. The molecule has 1 aromatic rings. The zero-order valence-corrected chi connectivity index (χ0v) is 15.8. The van der Waals surface area contributed by atoms with Crippen LogP contribution in [-0.2, 0) is 21.5 Å². The summed E-state index contributed by atoms with van der Waals surface area (Å²) in [6.07, 6.45) is 4.72. The van der Waals surface area contributed by atoms with E-state index in [0.717, 1.165) is 37.7 Å². The van der Waals surface area contributed by atoms with Crippen molar-refractivity contribution in [3.05, 3.63) is 35.9 Å². The average Bonchev–Trinajstić information content (AvgIpc) is 2.87. The van der Waals surface area contributed by atoms with Gasteiger partial charge in [-0.1, -0.05) is 30.3 Å². The third-order valence-corrected chi connectivity index (χ3v) is 7.17. The molecule has 25 heavy (non-hydrogen) atoms. The van der Waals surface area contributed by atoms with Gasteiger partial charge in [-0.05, 0) is 37.7 Å². The first-order valence-electron chi connectivity index (χ1n) is 8.87. The monoisotopic (exact) mass is 365 g/mol. The van der Waals surface area contributed by atoms with E-state index < -0.39 is 10.2 Å².